The van der Waals surface area contributed by atoms with Crippen LogP contribution < -0.4 is 9.47 Å². The molecule has 0 saturated heterocycles. The molecule has 0 spiro atoms. The van der Waals surface area contributed by atoms with E-state index in [0.29, 0.717) is 0 Å². The van der Waals surface area contributed by atoms with Crippen molar-refractivity contribution in [1.82, 2.24) is 0 Å². The van der Waals surface area contributed by atoms with Crippen molar-refractivity contribution in [2.75, 3.05) is 14.2 Å². The molecule has 18 heavy (non-hydrogen) atoms. The molecule has 1 unspecified atom stereocenters. The second-order valence-electron chi connectivity index (χ2n) is 3.83. The summed E-state index contributed by atoms with van der Waals surface area (Å²) in [7, 11) is 2.47. The van der Waals surface area contributed by atoms with Gasteiger partial charge in [-0.2, -0.15) is 0 Å². The van der Waals surface area contributed by atoms with Gasteiger partial charge in [-0.3, -0.25) is 4.79 Å². The number of hydrogen-bond acceptors (Lipinski definition) is 3. The van der Waals surface area contributed by atoms with E-state index in [1.807, 2.05) is 0 Å². The lowest BCUT2D eigenvalue weighted by Gasteiger charge is -2.14. The van der Waals surface area contributed by atoms with Crippen LogP contribution in [-0.4, -0.2) is 25.3 Å². The molecule has 1 N–H and O–H groups in total. The monoisotopic (exact) mass is 260 g/mol. The minimum absolute atomic E-state index is 0.180. The van der Waals surface area contributed by atoms with Gasteiger partial charge >= 0.3 is 5.97 Å². The minimum Gasteiger partial charge on any atom is -0.494 e. The summed E-state index contributed by atoms with van der Waals surface area (Å²) in [5, 5.41) is 8.77. The molecular formula is C12H14F2O4. The van der Waals surface area contributed by atoms with Crippen LogP contribution in [0.5, 0.6) is 11.5 Å². The highest BCUT2D eigenvalue weighted by Gasteiger charge is 2.23. The molecule has 0 amide bonds. The highest BCUT2D eigenvalue weighted by Crippen LogP contribution is 2.32. The molecule has 0 aliphatic rings. The summed E-state index contributed by atoms with van der Waals surface area (Å²) < 4.78 is 37.2. The highest BCUT2D eigenvalue weighted by atomic mass is 19.1. The Morgan fingerprint density at radius 3 is 2.06 bits per heavy atom. The molecule has 0 aliphatic heterocycles. The van der Waals surface area contributed by atoms with E-state index in [1.54, 1.807) is 0 Å². The molecule has 1 aromatic rings. The van der Waals surface area contributed by atoms with Crippen molar-refractivity contribution in [2.45, 2.75) is 13.3 Å². The summed E-state index contributed by atoms with van der Waals surface area (Å²) in [5.74, 6) is -4.20. The normalized spacial score (nSPS) is 12.1. The van der Waals surface area contributed by atoms with Crippen LogP contribution in [0.4, 0.5) is 8.78 Å². The number of aliphatic carboxylic acids is 1. The Bertz CT molecular complexity index is 432. The second-order valence-corrected chi connectivity index (χ2v) is 3.83. The molecule has 0 radical (unpaired) electrons. The summed E-state index contributed by atoms with van der Waals surface area (Å²) in [5.41, 5.74) is -0.346. The quantitative estimate of drug-likeness (QED) is 0.882. The van der Waals surface area contributed by atoms with Gasteiger partial charge < -0.3 is 14.6 Å². The van der Waals surface area contributed by atoms with Crippen LogP contribution in [0.15, 0.2) is 6.07 Å². The van der Waals surface area contributed by atoms with Crippen molar-refractivity contribution >= 4 is 5.97 Å². The van der Waals surface area contributed by atoms with Gasteiger partial charge in [-0.25, -0.2) is 8.78 Å². The Balaban J connectivity index is 3.27. The number of rotatable bonds is 5. The lowest BCUT2D eigenvalue weighted by atomic mass is 9.99. The first-order valence-electron chi connectivity index (χ1n) is 5.24. The first-order chi connectivity index (χ1) is 8.42. The van der Waals surface area contributed by atoms with E-state index >= 15 is 0 Å². The lowest BCUT2D eigenvalue weighted by molar-refractivity contribution is -0.141. The van der Waals surface area contributed by atoms with Gasteiger partial charge in [-0.1, -0.05) is 6.92 Å². The summed E-state index contributed by atoms with van der Waals surface area (Å²) >= 11 is 0. The van der Waals surface area contributed by atoms with Gasteiger partial charge in [0.05, 0.1) is 20.1 Å². The SMILES string of the molecule is COc1cc(OC)c(F)c(CC(C)C(=O)O)c1F. The molecule has 0 aromatic heterocycles. The van der Waals surface area contributed by atoms with Gasteiger partial charge in [0.15, 0.2) is 23.1 Å². The van der Waals surface area contributed by atoms with E-state index in [-0.39, 0.29) is 23.5 Å². The predicted molar refractivity (Wildman–Crippen MR) is 60.0 cm³/mol. The summed E-state index contributed by atoms with van der Waals surface area (Å²) in [6.07, 6.45) is -0.277. The largest absolute Gasteiger partial charge is 0.494 e. The zero-order chi connectivity index (χ0) is 13.9. The molecule has 1 aromatic carbocycles. The van der Waals surface area contributed by atoms with E-state index in [4.69, 9.17) is 14.6 Å². The number of benzene rings is 1. The average molecular weight is 260 g/mol. The number of halogens is 2. The van der Waals surface area contributed by atoms with E-state index < -0.39 is 23.5 Å². The van der Waals surface area contributed by atoms with E-state index in [0.717, 1.165) is 6.07 Å². The summed E-state index contributed by atoms with van der Waals surface area (Å²) in [6.45, 7) is 1.37. The Hall–Kier alpha value is -1.85. The summed E-state index contributed by atoms with van der Waals surface area (Å²) in [4.78, 5) is 10.7. The Morgan fingerprint density at radius 1 is 1.28 bits per heavy atom. The fraction of sp³-hybridized carbons (Fsp3) is 0.417. The maximum absolute atomic E-state index is 13.9. The predicted octanol–water partition coefficient (Wildman–Crippen LogP) is 2.25. The van der Waals surface area contributed by atoms with Gasteiger partial charge in [-0.05, 0) is 6.42 Å². The highest BCUT2D eigenvalue weighted by molar-refractivity contribution is 5.70. The minimum atomic E-state index is -1.13. The van der Waals surface area contributed by atoms with Crippen LogP contribution in [0.3, 0.4) is 0 Å². The van der Waals surface area contributed by atoms with Crippen LogP contribution >= 0.6 is 0 Å². The van der Waals surface area contributed by atoms with Crippen molar-refractivity contribution in [2.24, 2.45) is 5.92 Å². The fourth-order valence-corrected chi connectivity index (χ4v) is 1.51. The third-order valence-electron chi connectivity index (χ3n) is 2.60. The van der Waals surface area contributed by atoms with Crippen molar-refractivity contribution in [1.29, 1.82) is 0 Å². The number of hydrogen-bond donors (Lipinski definition) is 1. The summed E-state index contributed by atoms with van der Waals surface area (Å²) in [6, 6.07) is 1.08. The van der Waals surface area contributed by atoms with Gasteiger partial charge in [0, 0.05) is 11.6 Å². The second kappa shape index (κ2) is 5.66. The first kappa shape index (κ1) is 14.2. The van der Waals surface area contributed by atoms with E-state index in [9.17, 15) is 13.6 Å². The molecule has 0 bridgehead atoms. The lowest BCUT2D eigenvalue weighted by Crippen LogP contribution is -2.15. The van der Waals surface area contributed by atoms with Crippen molar-refractivity contribution in [3.05, 3.63) is 23.3 Å². The number of carbonyl (C=O) groups is 1. The molecule has 0 aliphatic carbocycles. The molecule has 1 atom stereocenters. The average Bonchev–Trinajstić information content (AvgIpc) is 2.34. The van der Waals surface area contributed by atoms with Crippen LogP contribution in [0, 0.1) is 17.6 Å². The molecule has 100 valence electrons. The van der Waals surface area contributed by atoms with E-state index in [2.05, 4.69) is 0 Å². The standard InChI is InChI=1S/C12H14F2O4/c1-6(12(15)16)4-7-10(13)8(17-2)5-9(18-3)11(7)14/h5-6H,4H2,1-3H3,(H,15,16). The van der Waals surface area contributed by atoms with Crippen LogP contribution in [0.25, 0.3) is 0 Å². The van der Waals surface area contributed by atoms with Gasteiger partial charge in [0.1, 0.15) is 0 Å². The molecule has 6 heteroatoms. The smallest absolute Gasteiger partial charge is 0.306 e. The topological polar surface area (TPSA) is 55.8 Å². The zero-order valence-electron chi connectivity index (χ0n) is 10.3. The first-order valence-corrected chi connectivity index (χ1v) is 5.24. The fourth-order valence-electron chi connectivity index (χ4n) is 1.51. The third-order valence-corrected chi connectivity index (χ3v) is 2.60. The van der Waals surface area contributed by atoms with Crippen LogP contribution in [0.2, 0.25) is 0 Å². The zero-order valence-corrected chi connectivity index (χ0v) is 10.3. The maximum atomic E-state index is 13.9. The maximum Gasteiger partial charge on any atom is 0.306 e. The van der Waals surface area contributed by atoms with E-state index in [1.165, 1.54) is 21.1 Å². The molecule has 4 nitrogen and oxygen atoms in total. The van der Waals surface area contributed by atoms with Gasteiger partial charge in [-0.15, -0.1) is 0 Å². The molecular weight excluding hydrogens is 246 g/mol. The Morgan fingerprint density at radius 2 is 1.72 bits per heavy atom. The number of carboxylic acid groups (broad SMARTS) is 1. The van der Waals surface area contributed by atoms with Crippen LogP contribution in [-0.2, 0) is 11.2 Å². The Kier molecular flexibility index (Phi) is 4.47. The van der Waals surface area contributed by atoms with Crippen molar-refractivity contribution in [3.8, 4) is 11.5 Å². The number of methoxy groups -OCH3 is 2. The van der Waals surface area contributed by atoms with Crippen LogP contribution in [0.1, 0.15) is 12.5 Å². The number of ether oxygens (including phenoxy) is 2. The van der Waals surface area contributed by atoms with Gasteiger partial charge in [0.25, 0.3) is 0 Å². The third kappa shape index (κ3) is 2.69. The van der Waals surface area contributed by atoms with Gasteiger partial charge in [0.2, 0.25) is 0 Å². The molecule has 1 rings (SSSR count). The molecule has 0 heterocycles. The van der Waals surface area contributed by atoms with Crippen molar-refractivity contribution < 1.29 is 28.2 Å². The molecule has 0 saturated carbocycles. The number of carboxylic acids is 1. The molecule has 0 fully saturated rings. The van der Waals surface area contributed by atoms with Crippen molar-refractivity contribution in [3.63, 3.8) is 0 Å². The Labute approximate surface area is 103 Å².